The quantitative estimate of drug-likeness (QED) is 0.641. The highest BCUT2D eigenvalue weighted by Crippen LogP contribution is 2.28. The number of unbranched alkanes of at least 4 members (excludes halogenated alkanes) is 2. The summed E-state index contributed by atoms with van der Waals surface area (Å²) in [5.41, 5.74) is 6.37. The summed E-state index contributed by atoms with van der Waals surface area (Å²) in [4.78, 5) is 25.8. The van der Waals surface area contributed by atoms with E-state index in [0.29, 0.717) is 11.3 Å². The molecule has 0 radical (unpaired) electrons. The van der Waals surface area contributed by atoms with Gasteiger partial charge in [0.25, 0.3) is 5.91 Å². The molecule has 1 aromatic rings. The highest BCUT2D eigenvalue weighted by molar-refractivity contribution is 7.14. The lowest BCUT2D eigenvalue weighted by Crippen LogP contribution is -2.41. The summed E-state index contributed by atoms with van der Waals surface area (Å²) in [5, 5.41) is 0. The third-order valence-corrected chi connectivity index (χ3v) is 5.28. The lowest BCUT2D eigenvalue weighted by atomic mass is 10.00. The Morgan fingerprint density at radius 3 is 2.64 bits per heavy atom. The van der Waals surface area contributed by atoms with Gasteiger partial charge < -0.3 is 0 Å². The van der Waals surface area contributed by atoms with Gasteiger partial charge in [-0.05, 0) is 43.7 Å². The van der Waals surface area contributed by atoms with E-state index in [1.807, 2.05) is 6.07 Å². The fourth-order valence-corrected chi connectivity index (χ4v) is 3.89. The summed E-state index contributed by atoms with van der Waals surface area (Å²) >= 11 is 1.58. The van der Waals surface area contributed by atoms with Gasteiger partial charge in [-0.25, -0.2) is 0 Å². The average Bonchev–Trinajstić information content (AvgIpc) is 2.87. The fourth-order valence-electron chi connectivity index (χ4n) is 2.74. The van der Waals surface area contributed by atoms with Crippen LogP contribution in [0, 0.1) is 0 Å². The maximum Gasteiger partial charge on any atom is 0.279 e. The molecule has 0 unspecified atom stereocenters. The van der Waals surface area contributed by atoms with Gasteiger partial charge in [0.15, 0.2) is 0 Å². The number of hydrazine groups is 1. The summed E-state index contributed by atoms with van der Waals surface area (Å²) in [6.45, 7) is 2.10. The van der Waals surface area contributed by atoms with Crippen molar-refractivity contribution >= 4 is 23.2 Å². The Morgan fingerprint density at radius 1 is 1.09 bits per heavy atom. The van der Waals surface area contributed by atoms with Crippen molar-refractivity contribution < 1.29 is 9.59 Å². The number of hydrogen-bond acceptors (Lipinski definition) is 3. The standard InChI is InChI=1S/C17H26N2O2S/c1-2-3-6-11-16(20)18-19-17(21)15-12-13-9-7-4-5-8-10-14(13)22-15/h12H,2-11H2,1H3,(H,18,20)(H,19,21). The van der Waals surface area contributed by atoms with Crippen molar-refractivity contribution in [3.8, 4) is 0 Å². The molecule has 1 aliphatic rings. The van der Waals surface area contributed by atoms with Crippen LogP contribution in [0.15, 0.2) is 6.07 Å². The number of rotatable bonds is 5. The zero-order valence-electron chi connectivity index (χ0n) is 13.4. The second-order valence-corrected chi connectivity index (χ2v) is 7.07. The zero-order valence-corrected chi connectivity index (χ0v) is 14.2. The first-order chi connectivity index (χ1) is 10.7. The van der Waals surface area contributed by atoms with Crippen LogP contribution in [-0.4, -0.2) is 11.8 Å². The lowest BCUT2D eigenvalue weighted by Gasteiger charge is -2.07. The second kappa shape index (κ2) is 8.93. The summed E-state index contributed by atoms with van der Waals surface area (Å²) in [7, 11) is 0. The first-order valence-corrected chi connectivity index (χ1v) is 9.23. The molecule has 0 saturated heterocycles. The van der Waals surface area contributed by atoms with Crippen LogP contribution in [0.2, 0.25) is 0 Å². The van der Waals surface area contributed by atoms with Crippen molar-refractivity contribution in [1.82, 2.24) is 10.9 Å². The highest BCUT2D eigenvalue weighted by Gasteiger charge is 2.16. The molecule has 0 aliphatic heterocycles. The van der Waals surface area contributed by atoms with Gasteiger partial charge in [-0.15, -0.1) is 11.3 Å². The molecule has 0 saturated carbocycles. The Bertz CT molecular complexity index is 485. The lowest BCUT2D eigenvalue weighted by molar-refractivity contribution is -0.121. The molecule has 22 heavy (non-hydrogen) atoms. The van der Waals surface area contributed by atoms with Gasteiger partial charge in [0.2, 0.25) is 5.91 Å². The van der Waals surface area contributed by atoms with Crippen molar-refractivity contribution in [3.63, 3.8) is 0 Å². The van der Waals surface area contributed by atoms with Crippen molar-refractivity contribution in [1.29, 1.82) is 0 Å². The van der Waals surface area contributed by atoms with E-state index < -0.39 is 0 Å². The van der Waals surface area contributed by atoms with E-state index in [2.05, 4.69) is 17.8 Å². The molecule has 1 aromatic heterocycles. The predicted molar refractivity (Wildman–Crippen MR) is 89.9 cm³/mol. The number of hydrogen-bond donors (Lipinski definition) is 2. The summed E-state index contributed by atoms with van der Waals surface area (Å²) in [5.74, 6) is -0.308. The second-order valence-electron chi connectivity index (χ2n) is 5.93. The topological polar surface area (TPSA) is 58.2 Å². The van der Waals surface area contributed by atoms with E-state index in [0.717, 1.165) is 32.1 Å². The van der Waals surface area contributed by atoms with Crippen molar-refractivity contribution in [2.24, 2.45) is 0 Å². The van der Waals surface area contributed by atoms with Crippen LogP contribution >= 0.6 is 11.3 Å². The molecule has 0 spiro atoms. The van der Waals surface area contributed by atoms with Gasteiger partial charge in [-0.3, -0.25) is 20.4 Å². The Hall–Kier alpha value is -1.36. The third-order valence-electron chi connectivity index (χ3n) is 4.04. The van der Waals surface area contributed by atoms with Crippen LogP contribution in [-0.2, 0) is 17.6 Å². The van der Waals surface area contributed by atoms with Crippen LogP contribution in [0.3, 0.4) is 0 Å². The summed E-state index contributed by atoms with van der Waals surface area (Å²) in [6, 6.07) is 2.00. The van der Waals surface area contributed by atoms with Crippen molar-refractivity contribution in [3.05, 3.63) is 21.4 Å². The number of carbonyl (C=O) groups is 2. The molecule has 0 bridgehead atoms. The van der Waals surface area contributed by atoms with E-state index in [4.69, 9.17) is 0 Å². The molecule has 4 nitrogen and oxygen atoms in total. The number of nitrogens with one attached hydrogen (secondary N) is 2. The average molecular weight is 322 g/mol. The highest BCUT2D eigenvalue weighted by atomic mass is 32.1. The Balaban J connectivity index is 1.84. The van der Waals surface area contributed by atoms with E-state index in [9.17, 15) is 9.59 Å². The SMILES string of the molecule is CCCCCC(=O)NNC(=O)c1cc2c(s1)CCCCCC2. The minimum atomic E-state index is -0.194. The fraction of sp³-hybridized carbons (Fsp3) is 0.647. The van der Waals surface area contributed by atoms with Crippen LogP contribution in [0.1, 0.15) is 78.4 Å². The van der Waals surface area contributed by atoms with Crippen LogP contribution in [0.5, 0.6) is 0 Å². The Morgan fingerprint density at radius 2 is 1.86 bits per heavy atom. The first kappa shape index (κ1) is 17.0. The maximum atomic E-state index is 12.2. The number of thiophene rings is 1. The maximum absolute atomic E-state index is 12.2. The van der Waals surface area contributed by atoms with Gasteiger partial charge >= 0.3 is 0 Å². The number of fused-ring (bicyclic) bond motifs is 1. The molecular weight excluding hydrogens is 296 g/mol. The molecule has 0 fully saturated rings. The summed E-state index contributed by atoms with van der Waals surface area (Å²) in [6.07, 6.45) is 10.6. The smallest absolute Gasteiger partial charge is 0.273 e. The van der Waals surface area contributed by atoms with Crippen LogP contribution in [0.25, 0.3) is 0 Å². The van der Waals surface area contributed by atoms with Crippen molar-refractivity contribution in [2.45, 2.75) is 71.1 Å². The molecule has 122 valence electrons. The largest absolute Gasteiger partial charge is 0.279 e. The van der Waals surface area contributed by atoms with Crippen LogP contribution in [0.4, 0.5) is 0 Å². The zero-order chi connectivity index (χ0) is 15.8. The molecule has 2 rings (SSSR count). The minimum absolute atomic E-state index is 0.114. The Labute approximate surface area is 136 Å². The normalized spacial score (nSPS) is 14.6. The summed E-state index contributed by atoms with van der Waals surface area (Å²) < 4.78 is 0. The molecular formula is C17H26N2O2S. The van der Waals surface area contributed by atoms with Gasteiger partial charge in [0.1, 0.15) is 0 Å². The molecule has 0 atom stereocenters. The van der Waals surface area contributed by atoms with Gasteiger partial charge in [0.05, 0.1) is 4.88 Å². The minimum Gasteiger partial charge on any atom is -0.273 e. The number of carbonyl (C=O) groups excluding carboxylic acids is 2. The number of amides is 2. The molecule has 0 aromatic carbocycles. The molecule has 5 heteroatoms. The van der Waals surface area contributed by atoms with E-state index in [1.165, 1.54) is 36.1 Å². The number of aryl methyl sites for hydroxylation is 2. The van der Waals surface area contributed by atoms with E-state index in [-0.39, 0.29) is 11.8 Å². The Kier molecular flexibility index (Phi) is 6.90. The third kappa shape index (κ3) is 5.13. The monoisotopic (exact) mass is 322 g/mol. The molecule has 1 heterocycles. The molecule has 2 amide bonds. The van der Waals surface area contributed by atoms with E-state index in [1.54, 1.807) is 11.3 Å². The van der Waals surface area contributed by atoms with Crippen molar-refractivity contribution in [2.75, 3.05) is 0 Å². The predicted octanol–water partition coefficient (Wildman–Crippen LogP) is 3.75. The molecule has 2 N–H and O–H groups in total. The van der Waals surface area contributed by atoms with Gasteiger partial charge in [-0.2, -0.15) is 0 Å². The first-order valence-electron chi connectivity index (χ1n) is 8.41. The van der Waals surface area contributed by atoms with E-state index >= 15 is 0 Å². The molecule has 1 aliphatic carbocycles. The van der Waals surface area contributed by atoms with Crippen LogP contribution < -0.4 is 10.9 Å². The van der Waals surface area contributed by atoms with Gasteiger partial charge in [0, 0.05) is 11.3 Å². The van der Waals surface area contributed by atoms with Gasteiger partial charge in [-0.1, -0.05) is 32.6 Å².